The van der Waals surface area contributed by atoms with Crippen molar-refractivity contribution in [3.63, 3.8) is 0 Å². The minimum absolute atomic E-state index is 0.00655. The molecule has 0 saturated heterocycles. The molecule has 0 heterocycles. The minimum atomic E-state index is -0.663. The fourth-order valence-electron chi connectivity index (χ4n) is 0.653. The van der Waals surface area contributed by atoms with Gasteiger partial charge in [-0.2, -0.15) is 0 Å². The van der Waals surface area contributed by atoms with Crippen molar-refractivity contribution in [2.24, 2.45) is 0 Å². The Morgan fingerprint density at radius 1 is 1.47 bits per heavy atom. The Kier molecular flexibility index (Phi) is 7.91. The van der Waals surface area contributed by atoms with Gasteiger partial charge in [0.15, 0.2) is 0 Å². The van der Waals surface area contributed by atoms with Gasteiger partial charge in [0.1, 0.15) is 0 Å². The molecule has 0 aliphatic rings. The van der Waals surface area contributed by atoms with E-state index in [1.165, 1.54) is 5.54 Å². The van der Waals surface area contributed by atoms with Gasteiger partial charge in [-0.15, -0.1) is 29.8 Å². The van der Waals surface area contributed by atoms with Crippen LogP contribution in [-0.2, 0) is 0 Å². The van der Waals surface area contributed by atoms with Crippen molar-refractivity contribution in [1.82, 2.24) is 0 Å². The van der Waals surface area contributed by atoms with E-state index in [4.69, 9.17) is 34.8 Å². The lowest BCUT2D eigenvalue weighted by Crippen LogP contribution is -2.24. The van der Waals surface area contributed by atoms with Crippen molar-refractivity contribution in [3.05, 3.63) is 35.9 Å². The molecule has 0 aromatic rings. The first kappa shape index (κ1) is 16.1. The predicted molar refractivity (Wildman–Crippen MR) is 78.8 cm³/mol. The fraction of sp³-hybridized carbons (Fsp3) is 0.400. The topological polar surface area (TPSA) is 0 Å². The molecule has 0 nitrogen and oxygen atoms in total. The van der Waals surface area contributed by atoms with E-state index in [9.17, 15) is 0 Å². The molecule has 0 aliphatic carbocycles. The molecule has 0 bridgehead atoms. The number of halogens is 5. The quantitative estimate of drug-likeness (QED) is 0.323. The lowest BCUT2D eigenvalue weighted by molar-refractivity contribution is 0.801. The molecule has 0 saturated carbocycles. The highest BCUT2D eigenvalue weighted by atomic mass is 79.9. The standard InChI is InChI=1S/C10H11Br2Cl3/c1-3-10(2,15)8(14)5-4-7(6-13)9(11)12/h3-6,8-9H,1H2,2H3/b5-4+,7-6+/t8-,10-/m1/s1. The average molecular weight is 397 g/mol. The van der Waals surface area contributed by atoms with Crippen LogP contribution in [0.4, 0.5) is 0 Å². The van der Waals surface area contributed by atoms with Crippen LogP contribution in [-0.4, -0.2) is 14.0 Å². The number of alkyl halides is 4. The summed E-state index contributed by atoms with van der Waals surface area (Å²) in [6.07, 6.45) is 5.20. The summed E-state index contributed by atoms with van der Waals surface area (Å²) in [7, 11) is 0. The largest absolute Gasteiger partial charge is 0.116 e. The lowest BCUT2D eigenvalue weighted by atomic mass is 10.1. The van der Waals surface area contributed by atoms with Crippen LogP contribution >= 0.6 is 66.7 Å². The van der Waals surface area contributed by atoms with Crippen molar-refractivity contribution in [2.75, 3.05) is 0 Å². The van der Waals surface area contributed by atoms with Gasteiger partial charge in [0, 0.05) is 5.54 Å². The molecule has 0 rings (SSSR count). The SMILES string of the molecule is C=C[C@@](C)(Cl)[C@H](Cl)/C=C/C(=C\Cl)C(Br)Br. The summed E-state index contributed by atoms with van der Waals surface area (Å²) in [5.41, 5.74) is 2.33. The van der Waals surface area contributed by atoms with Crippen LogP contribution in [0, 0.1) is 0 Å². The maximum absolute atomic E-state index is 6.10. The molecule has 0 aromatic heterocycles. The van der Waals surface area contributed by atoms with Gasteiger partial charge in [-0.05, 0) is 12.5 Å². The van der Waals surface area contributed by atoms with Crippen LogP contribution in [0.5, 0.6) is 0 Å². The summed E-state index contributed by atoms with van der Waals surface area (Å²) in [4.78, 5) is -0.663. The van der Waals surface area contributed by atoms with Crippen LogP contribution in [0.1, 0.15) is 6.92 Å². The zero-order valence-corrected chi connectivity index (χ0v) is 13.5. The highest BCUT2D eigenvalue weighted by Gasteiger charge is 2.24. The van der Waals surface area contributed by atoms with Gasteiger partial charge in [-0.1, -0.05) is 61.7 Å². The van der Waals surface area contributed by atoms with E-state index in [-0.39, 0.29) is 9.11 Å². The second kappa shape index (κ2) is 7.39. The van der Waals surface area contributed by atoms with Crippen LogP contribution in [0.2, 0.25) is 0 Å². The van der Waals surface area contributed by atoms with E-state index in [1.54, 1.807) is 19.1 Å². The highest BCUT2D eigenvalue weighted by Crippen LogP contribution is 2.28. The summed E-state index contributed by atoms with van der Waals surface area (Å²) in [6, 6.07) is 0. The second-order valence-electron chi connectivity index (χ2n) is 3.03. The Morgan fingerprint density at radius 2 is 2.00 bits per heavy atom. The number of rotatable bonds is 5. The first-order valence-corrected chi connectivity index (χ1v) is 7.16. The minimum Gasteiger partial charge on any atom is -0.116 e. The molecule has 0 amide bonds. The molecule has 5 heteroatoms. The maximum Gasteiger partial charge on any atom is 0.0954 e. The van der Waals surface area contributed by atoms with Crippen molar-refractivity contribution in [1.29, 1.82) is 0 Å². The third-order valence-corrected chi connectivity index (χ3v) is 4.18. The molecule has 0 aromatic carbocycles. The molecular weight excluding hydrogens is 386 g/mol. The van der Waals surface area contributed by atoms with E-state index in [0.29, 0.717) is 0 Å². The lowest BCUT2D eigenvalue weighted by Gasteiger charge is -2.20. The van der Waals surface area contributed by atoms with Crippen molar-refractivity contribution >= 4 is 66.7 Å². The van der Waals surface area contributed by atoms with E-state index in [1.807, 2.05) is 6.08 Å². The van der Waals surface area contributed by atoms with E-state index in [2.05, 4.69) is 38.4 Å². The zero-order chi connectivity index (χ0) is 12.1. The summed E-state index contributed by atoms with van der Waals surface area (Å²) >= 11 is 24.5. The van der Waals surface area contributed by atoms with E-state index >= 15 is 0 Å². The molecular formula is C10H11Br2Cl3. The van der Waals surface area contributed by atoms with Gasteiger partial charge in [0.25, 0.3) is 0 Å². The van der Waals surface area contributed by atoms with Crippen molar-refractivity contribution in [2.45, 2.75) is 20.9 Å². The molecule has 0 N–H and O–H groups in total. The van der Waals surface area contributed by atoms with Gasteiger partial charge in [0.05, 0.1) is 14.0 Å². The predicted octanol–water partition coefficient (Wildman–Crippen LogP) is 5.57. The normalized spacial score (nSPS) is 19.3. The van der Waals surface area contributed by atoms with E-state index in [0.717, 1.165) is 5.57 Å². The Hall–Kier alpha value is 1.05. The molecule has 0 spiro atoms. The molecule has 2 atom stereocenters. The Morgan fingerprint density at radius 3 is 2.33 bits per heavy atom. The third-order valence-electron chi connectivity index (χ3n) is 1.77. The van der Waals surface area contributed by atoms with Crippen LogP contribution in [0.25, 0.3) is 0 Å². The van der Waals surface area contributed by atoms with E-state index < -0.39 is 4.87 Å². The van der Waals surface area contributed by atoms with Crippen LogP contribution in [0.3, 0.4) is 0 Å². The summed E-state index contributed by atoms with van der Waals surface area (Å²) in [6.45, 7) is 5.43. The van der Waals surface area contributed by atoms with Gasteiger partial charge in [-0.3, -0.25) is 0 Å². The summed E-state index contributed by atoms with van der Waals surface area (Å²) in [5, 5.41) is -0.345. The first-order chi connectivity index (χ1) is 6.85. The Balaban J connectivity index is 4.60. The molecule has 0 fully saturated rings. The average Bonchev–Trinajstić information content (AvgIpc) is 2.17. The molecule has 0 radical (unpaired) electrons. The fourth-order valence-corrected chi connectivity index (χ4v) is 1.96. The van der Waals surface area contributed by atoms with Crippen LogP contribution < -0.4 is 0 Å². The molecule has 0 unspecified atom stereocenters. The van der Waals surface area contributed by atoms with Gasteiger partial charge >= 0.3 is 0 Å². The summed E-state index contributed by atoms with van der Waals surface area (Å²) in [5.74, 6) is 0. The first-order valence-electron chi connectivity index (χ1n) is 4.08. The number of hydrogen-bond donors (Lipinski definition) is 0. The number of allylic oxidation sites excluding steroid dienone is 4. The Labute approximate surface area is 123 Å². The Bertz CT molecular complexity index is 270. The number of hydrogen-bond acceptors (Lipinski definition) is 0. The summed E-state index contributed by atoms with van der Waals surface area (Å²) < 4.78 is -0.00655. The highest BCUT2D eigenvalue weighted by molar-refractivity contribution is 9.24. The van der Waals surface area contributed by atoms with Crippen molar-refractivity contribution in [3.8, 4) is 0 Å². The van der Waals surface area contributed by atoms with Gasteiger partial charge in [0.2, 0.25) is 0 Å². The third kappa shape index (κ3) is 5.78. The van der Waals surface area contributed by atoms with Gasteiger partial charge in [-0.25, -0.2) is 0 Å². The molecule has 15 heavy (non-hydrogen) atoms. The molecule has 86 valence electrons. The van der Waals surface area contributed by atoms with Crippen LogP contribution in [0.15, 0.2) is 35.9 Å². The zero-order valence-electron chi connectivity index (χ0n) is 8.06. The van der Waals surface area contributed by atoms with Crippen molar-refractivity contribution < 1.29 is 0 Å². The second-order valence-corrected chi connectivity index (χ2v) is 7.59. The van der Waals surface area contributed by atoms with Gasteiger partial charge < -0.3 is 0 Å². The molecule has 0 aliphatic heterocycles. The smallest absolute Gasteiger partial charge is 0.0954 e. The maximum atomic E-state index is 6.10. The monoisotopic (exact) mass is 394 g/mol.